The molecule has 1 aromatic rings. The van der Waals surface area contributed by atoms with Crippen LogP contribution in [0.25, 0.3) is 0 Å². The summed E-state index contributed by atoms with van der Waals surface area (Å²) in [6.07, 6.45) is 1.44. The van der Waals surface area contributed by atoms with Gasteiger partial charge in [0, 0.05) is 51.3 Å². The molecule has 2 N–H and O–H groups in total. The van der Waals surface area contributed by atoms with Crippen molar-refractivity contribution in [3.05, 3.63) is 46.0 Å². The Morgan fingerprint density at radius 1 is 1.06 bits per heavy atom. The fourth-order valence-corrected chi connectivity index (χ4v) is 4.17. The van der Waals surface area contributed by atoms with Gasteiger partial charge in [0.2, 0.25) is 5.91 Å². The molecule has 0 radical (unpaired) electrons. The number of hydrogen-bond acceptors (Lipinski definition) is 7. The molecule has 2 saturated heterocycles. The molecule has 13 heteroatoms. The lowest BCUT2D eigenvalue weighted by Crippen LogP contribution is -2.60. The molecule has 2 heterocycles. The number of aliphatic carboxylic acids is 2. The second kappa shape index (κ2) is 13.8. The van der Waals surface area contributed by atoms with Crippen LogP contribution in [0.5, 0.6) is 0 Å². The van der Waals surface area contributed by atoms with Gasteiger partial charge in [-0.3, -0.25) is 14.5 Å². The van der Waals surface area contributed by atoms with E-state index in [1.54, 1.807) is 28.0 Å². The van der Waals surface area contributed by atoms with Crippen LogP contribution in [-0.2, 0) is 30.3 Å². The van der Waals surface area contributed by atoms with Crippen molar-refractivity contribution in [1.29, 1.82) is 0 Å². The summed E-state index contributed by atoms with van der Waals surface area (Å²) in [5, 5.41) is 16.5. The molecule has 11 nitrogen and oxygen atoms in total. The van der Waals surface area contributed by atoms with Crippen LogP contribution >= 0.6 is 23.2 Å². The molecule has 0 aromatic heterocycles. The third-order valence-electron chi connectivity index (χ3n) is 5.52. The number of carbonyl (C=O) groups is 5. The Bertz CT molecular complexity index is 1020. The molecule has 2 aliphatic heterocycles. The topological polar surface area (TPSA) is 145 Å². The van der Waals surface area contributed by atoms with Gasteiger partial charge in [-0.1, -0.05) is 29.3 Å². The van der Waals surface area contributed by atoms with Crippen LogP contribution < -0.4 is 0 Å². The van der Waals surface area contributed by atoms with Crippen molar-refractivity contribution in [1.82, 2.24) is 14.7 Å². The second-order valence-corrected chi connectivity index (χ2v) is 8.93. The van der Waals surface area contributed by atoms with E-state index in [1.807, 2.05) is 4.90 Å². The fraction of sp³-hybridized carbons (Fsp3) is 0.435. The van der Waals surface area contributed by atoms with Gasteiger partial charge in [-0.05, 0) is 17.7 Å². The van der Waals surface area contributed by atoms with Crippen molar-refractivity contribution in [2.75, 3.05) is 46.4 Å². The van der Waals surface area contributed by atoms with Crippen molar-refractivity contribution in [2.45, 2.75) is 18.9 Å². The Morgan fingerprint density at radius 3 is 2.25 bits per heavy atom. The Morgan fingerprint density at radius 2 is 1.72 bits per heavy atom. The molecule has 196 valence electrons. The predicted molar refractivity (Wildman–Crippen MR) is 130 cm³/mol. The van der Waals surface area contributed by atoms with Gasteiger partial charge in [-0.2, -0.15) is 0 Å². The van der Waals surface area contributed by atoms with Crippen LogP contribution in [0.15, 0.2) is 30.4 Å². The second-order valence-electron chi connectivity index (χ2n) is 8.12. The van der Waals surface area contributed by atoms with Crippen molar-refractivity contribution in [3.63, 3.8) is 0 Å². The zero-order valence-corrected chi connectivity index (χ0v) is 21.1. The lowest BCUT2D eigenvalue weighted by Gasteiger charge is -2.42. The van der Waals surface area contributed by atoms with Crippen LogP contribution in [0.4, 0.5) is 4.79 Å². The number of amides is 2. The average Bonchev–Trinajstić information content (AvgIpc) is 3.24. The first-order valence-electron chi connectivity index (χ1n) is 10.9. The molecular weight excluding hydrogens is 517 g/mol. The highest BCUT2D eigenvalue weighted by atomic mass is 35.5. The zero-order valence-electron chi connectivity index (χ0n) is 19.6. The summed E-state index contributed by atoms with van der Waals surface area (Å²) in [7, 11) is 1.35. The van der Waals surface area contributed by atoms with Crippen LogP contribution in [-0.4, -0.2) is 107 Å². The molecule has 0 aliphatic carbocycles. The summed E-state index contributed by atoms with van der Waals surface area (Å²) < 4.78 is 4.83. The molecule has 2 aliphatic rings. The number of Topliss-reactive ketones (excluding diaryl/α,β-unsaturated/α-hetero) is 1. The first kappa shape index (κ1) is 29.1. The number of rotatable bonds is 6. The maximum Gasteiger partial charge on any atom is 0.409 e. The van der Waals surface area contributed by atoms with Crippen molar-refractivity contribution in [2.24, 2.45) is 0 Å². The third-order valence-corrected chi connectivity index (χ3v) is 6.26. The molecule has 36 heavy (non-hydrogen) atoms. The predicted octanol–water partition coefficient (Wildman–Crippen LogP) is 1.80. The van der Waals surface area contributed by atoms with E-state index < -0.39 is 18.0 Å². The maximum atomic E-state index is 13.0. The number of likely N-dealkylation sites (tertiary alicyclic amines) is 1. The largest absolute Gasteiger partial charge is 0.478 e. The average molecular weight is 544 g/mol. The van der Waals surface area contributed by atoms with E-state index in [9.17, 15) is 24.0 Å². The van der Waals surface area contributed by atoms with E-state index in [1.165, 1.54) is 7.11 Å². The number of carbonyl (C=O) groups excluding carboxylic acids is 3. The van der Waals surface area contributed by atoms with E-state index in [0.717, 1.165) is 5.56 Å². The standard InChI is InChI=1S/C19H23Cl2N3O4.C4H4O4/c1-28-19(27)23-6-7-24(14(11-23)10-22-5-4-15(25)12-22)18(26)9-13-2-3-16(20)17(21)8-13;5-3(6)1-2-4(7)8/h2-3,8,14H,4-7,9-12H2,1H3;1-2H,(H,5,6)(H,7,8)/b;2-1-. The van der Waals surface area contributed by atoms with Gasteiger partial charge >= 0.3 is 18.0 Å². The number of benzene rings is 1. The summed E-state index contributed by atoms with van der Waals surface area (Å²) in [6, 6.07) is 4.95. The number of piperazine rings is 1. The van der Waals surface area contributed by atoms with Crippen LogP contribution in [0.1, 0.15) is 12.0 Å². The Kier molecular flexibility index (Phi) is 11.2. The molecule has 1 unspecified atom stereocenters. The van der Waals surface area contributed by atoms with E-state index in [-0.39, 0.29) is 24.2 Å². The summed E-state index contributed by atoms with van der Waals surface area (Å²) in [5.74, 6) is -2.35. The quantitative estimate of drug-likeness (QED) is 0.512. The highest BCUT2D eigenvalue weighted by molar-refractivity contribution is 6.42. The molecule has 1 atom stereocenters. The SMILES string of the molecule is COC(=O)N1CCN(C(=O)Cc2ccc(Cl)c(Cl)c2)C(CN2CCC(=O)C2)C1.O=C(O)/C=C\C(=O)O. The summed E-state index contributed by atoms with van der Waals surface area (Å²) in [6.45, 7) is 2.83. The lowest BCUT2D eigenvalue weighted by molar-refractivity contribution is -0.135. The number of halogens is 2. The van der Waals surface area contributed by atoms with Gasteiger partial charge in [0.15, 0.2) is 0 Å². The fourth-order valence-electron chi connectivity index (χ4n) is 3.85. The number of nitrogens with zero attached hydrogens (tertiary/aromatic N) is 3. The van der Waals surface area contributed by atoms with Gasteiger partial charge in [0.1, 0.15) is 5.78 Å². The highest BCUT2D eigenvalue weighted by Crippen LogP contribution is 2.24. The lowest BCUT2D eigenvalue weighted by atomic mass is 10.1. The van der Waals surface area contributed by atoms with Gasteiger partial charge < -0.3 is 24.7 Å². The molecule has 0 bridgehead atoms. The van der Waals surface area contributed by atoms with Crippen LogP contribution in [0.2, 0.25) is 10.0 Å². The maximum absolute atomic E-state index is 13.0. The van der Waals surface area contributed by atoms with E-state index in [4.69, 9.17) is 38.2 Å². The molecule has 3 rings (SSSR count). The summed E-state index contributed by atoms with van der Waals surface area (Å²) >= 11 is 12.0. The summed E-state index contributed by atoms with van der Waals surface area (Å²) in [4.78, 5) is 61.1. The number of ether oxygens (including phenoxy) is 1. The monoisotopic (exact) mass is 543 g/mol. The highest BCUT2D eigenvalue weighted by Gasteiger charge is 2.35. The first-order valence-corrected chi connectivity index (χ1v) is 11.7. The molecular formula is C23H27Cl2N3O8. The van der Waals surface area contributed by atoms with Gasteiger partial charge in [-0.15, -0.1) is 0 Å². The minimum absolute atomic E-state index is 0.0431. The molecule has 2 amide bonds. The molecule has 0 spiro atoms. The van der Waals surface area contributed by atoms with Gasteiger partial charge in [0.05, 0.1) is 36.2 Å². The van der Waals surface area contributed by atoms with E-state index in [2.05, 4.69) is 0 Å². The van der Waals surface area contributed by atoms with Crippen molar-refractivity contribution < 1.29 is 38.9 Å². The van der Waals surface area contributed by atoms with Gasteiger partial charge in [0.25, 0.3) is 0 Å². The molecule has 1 aromatic carbocycles. The Balaban J connectivity index is 0.000000493. The van der Waals surface area contributed by atoms with E-state index in [0.29, 0.717) is 67.9 Å². The van der Waals surface area contributed by atoms with Crippen molar-refractivity contribution >= 4 is 52.9 Å². The third kappa shape index (κ3) is 9.14. The Labute approximate surface area is 217 Å². The number of ketones is 1. The molecule has 2 fully saturated rings. The van der Waals surface area contributed by atoms with Crippen LogP contribution in [0.3, 0.4) is 0 Å². The van der Waals surface area contributed by atoms with Crippen molar-refractivity contribution in [3.8, 4) is 0 Å². The normalized spacial score (nSPS) is 18.1. The van der Waals surface area contributed by atoms with E-state index >= 15 is 0 Å². The minimum atomic E-state index is -1.26. The minimum Gasteiger partial charge on any atom is -0.478 e. The summed E-state index contributed by atoms with van der Waals surface area (Å²) in [5.41, 5.74) is 0.782. The van der Waals surface area contributed by atoms with Gasteiger partial charge in [-0.25, -0.2) is 14.4 Å². The number of methoxy groups -OCH3 is 1. The number of hydrogen-bond donors (Lipinski definition) is 2. The smallest absolute Gasteiger partial charge is 0.409 e. The number of carboxylic acid groups (broad SMARTS) is 2. The number of carboxylic acids is 2. The van der Waals surface area contributed by atoms with Crippen LogP contribution in [0, 0.1) is 0 Å². The first-order chi connectivity index (χ1) is 17.0. The Hall–Kier alpha value is -3.15. The zero-order chi connectivity index (χ0) is 26.8. The molecule has 0 saturated carbocycles.